The van der Waals surface area contributed by atoms with Gasteiger partial charge in [-0.2, -0.15) is 0 Å². The highest BCUT2D eigenvalue weighted by Crippen LogP contribution is 2.36. The number of furan rings is 1. The minimum absolute atomic E-state index is 0.0211. The average Bonchev–Trinajstić information content (AvgIpc) is 3.42. The first-order chi connectivity index (χ1) is 13.7. The number of thiophene rings is 1. The highest BCUT2D eigenvalue weighted by atomic mass is 32.1. The number of hydrogen-bond acceptors (Lipinski definition) is 7. The standard InChI is InChI=1S/C20H16N2O5S/c1-2-25-20(24)18-13(15-8-5-9-26-15)11-28-19(18)21-17(23)10-14-12-6-3-4-7-16(12)27-22-14/h3-9,11H,2,10H2,1H3,(H,21,23). The lowest BCUT2D eigenvalue weighted by Crippen LogP contribution is -2.16. The summed E-state index contributed by atoms with van der Waals surface area (Å²) < 4.78 is 15.8. The van der Waals surface area contributed by atoms with E-state index in [0.717, 1.165) is 5.39 Å². The second kappa shape index (κ2) is 7.69. The molecule has 0 aliphatic carbocycles. The lowest BCUT2D eigenvalue weighted by molar-refractivity contribution is -0.115. The minimum atomic E-state index is -0.516. The highest BCUT2D eigenvalue weighted by molar-refractivity contribution is 7.15. The van der Waals surface area contributed by atoms with Crippen molar-refractivity contribution in [1.82, 2.24) is 5.16 Å². The molecule has 3 heterocycles. The summed E-state index contributed by atoms with van der Waals surface area (Å²) in [5.41, 5.74) is 2.01. The van der Waals surface area contributed by atoms with E-state index in [1.165, 1.54) is 17.6 Å². The molecule has 0 atom stereocenters. The van der Waals surface area contributed by atoms with Gasteiger partial charge in [0.25, 0.3) is 0 Å². The van der Waals surface area contributed by atoms with Crippen molar-refractivity contribution in [2.24, 2.45) is 0 Å². The van der Waals surface area contributed by atoms with E-state index in [2.05, 4.69) is 10.5 Å². The van der Waals surface area contributed by atoms with Crippen LogP contribution in [0.1, 0.15) is 23.0 Å². The van der Waals surface area contributed by atoms with E-state index in [1.807, 2.05) is 18.2 Å². The largest absolute Gasteiger partial charge is 0.464 e. The molecule has 3 aromatic heterocycles. The summed E-state index contributed by atoms with van der Waals surface area (Å²) in [6, 6.07) is 10.8. The zero-order valence-corrected chi connectivity index (χ0v) is 15.7. The quantitative estimate of drug-likeness (QED) is 0.482. The fraction of sp³-hybridized carbons (Fsp3) is 0.150. The molecular formula is C20H16N2O5S. The summed E-state index contributed by atoms with van der Waals surface area (Å²) in [7, 11) is 0. The molecule has 1 amide bonds. The van der Waals surface area contributed by atoms with Crippen LogP contribution in [0.4, 0.5) is 5.00 Å². The molecule has 0 saturated heterocycles. The van der Waals surface area contributed by atoms with Crippen molar-refractivity contribution in [2.45, 2.75) is 13.3 Å². The number of para-hydroxylation sites is 1. The van der Waals surface area contributed by atoms with Gasteiger partial charge >= 0.3 is 5.97 Å². The SMILES string of the molecule is CCOC(=O)c1c(-c2ccco2)csc1NC(=O)Cc1noc2ccccc12. The molecule has 28 heavy (non-hydrogen) atoms. The van der Waals surface area contributed by atoms with E-state index in [9.17, 15) is 9.59 Å². The molecule has 0 unspecified atom stereocenters. The third-order valence-electron chi connectivity index (χ3n) is 4.09. The van der Waals surface area contributed by atoms with Crippen molar-refractivity contribution in [3.8, 4) is 11.3 Å². The van der Waals surface area contributed by atoms with Crippen LogP contribution in [0.15, 0.2) is 57.0 Å². The predicted molar refractivity (Wildman–Crippen MR) is 104 cm³/mol. The summed E-state index contributed by atoms with van der Waals surface area (Å²) in [4.78, 5) is 25.1. The number of aromatic nitrogens is 1. The van der Waals surface area contributed by atoms with Crippen molar-refractivity contribution in [1.29, 1.82) is 0 Å². The van der Waals surface area contributed by atoms with Gasteiger partial charge in [-0.25, -0.2) is 4.79 Å². The summed E-state index contributed by atoms with van der Waals surface area (Å²) in [5, 5.41) is 9.71. The summed E-state index contributed by atoms with van der Waals surface area (Å²) in [6.45, 7) is 1.95. The number of nitrogens with zero attached hydrogens (tertiary/aromatic N) is 1. The lowest BCUT2D eigenvalue weighted by Gasteiger charge is -2.07. The van der Waals surface area contributed by atoms with Crippen molar-refractivity contribution in [2.75, 3.05) is 11.9 Å². The number of benzene rings is 1. The van der Waals surface area contributed by atoms with Crippen LogP contribution in [-0.4, -0.2) is 23.6 Å². The van der Waals surface area contributed by atoms with E-state index in [4.69, 9.17) is 13.7 Å². The van der Waals surface area contributed by atoms with Crippen LogP contribution in [0.25, 0.3) is 22.3 Å². The summed E-state index contributed by atoms with van der Waals surface area (Å²) >= 11 is 1.24. The number of carbonyl (C=O) groups excluding carboxylic acids is 2. The molecule has 7 nitrogen and oxygen atoms in total. The maximum Gasteiger partial charge on any atom is 0.341 e. The molecular weight excluding hydrogens is 380 g/mol. The maximum absolute atomic E-state index is 12.6. The maximum atomic E-state index is 12.6. The van der Waals surface area contributed by atoms with Crippen LogP contribution in [-0.2, 0) is 16.0 Å². The van der Waals surface area contributed by atoms with E-state index < -0.39 is 5.97 Å². The van der Waals surface area contributed by atoms with Gasteiger partial charge in [-0.1, -0.05) is 17.3 Å². The van der Waals surface area contributed by atoms with Gasteiger partial charge in [0.2, 0.25) is 5.91 Å². The van der Waals surface area contributed by atoms with Crippen LogP contribution < -0.4 is 5.32 Å². The molecule has 8 heteroatoms. The van der Waals surface area contributed by atoms with Gasteiger partial charge in [0.15, 0.2) is 5.58 Å². The summed E-state index contributed by atoms with van der Waals surface area (Å²) in [6.07, 6.45) is 1.54. The van der Waals surface area contributed by atoms with E-state index in [0.29, 0.717) is 27.6 Å². The van der Waals surface area contributed by atoms with Crippen molar-refractivity contribution < 1.29 is 23.3 Å². The van der Waals surface area contributed by atoms with Gasteiger partial charge in [0.05, 0.1) is 19.3 Å². The topological polar surface area (TPSA) is 94.6 Å². The van der Waals surface area contributed by atoms with Gasteiger partial charge in [-0.05, 0) is 31.2 Å². The van der Waals surface area contributed by atoms with Gasteiger partial charge in [0, 0.05) is 16.3 Å². The fourth-order valence-electron chi connectivity index (χ4n) is 2.86. The van der Waals surface area contributed by atoms with Crippen LogP contribution in [0.2, 0.25) is 0 Å². The second-order valence-electron chi connectivity index (χ2n) is 5.90. The monoisotopic (exact) mass is 396 g/mol. The third-order valence-corrected chi connectivity index (χ3v) is 4.99. The molecule has 1 N–H and O–H groups in total. The fourth-order valence-corrected chi connectivity index (χ4v) is 3.81. The second-order valence-corrected chi connectivity index (χ2v) is 6.78. The molecule has 0 spiro atoms. The van der Waals surface area contributed by atoms with Crippen LogP contribution in [0.5, 0.6) is 0 Å². The van der Waals surface area contributed by atoms with Crippen molar-refractivity contribution >= 4 is 39.2 Å². The molecule has 4 rings (SSSR count). The Bertz CT molecular complexity index is 1130. The number of rotatable bonds is 6. The van der Waals surface area contributed by atoms with Crippen molar-refractivity contribution in [3.63, 3.8) is 0 Å². The third kappa shape index (κ3) is 3.41. The molecule has 1 aromatic carbocycles. The molecule has 0 aliphatic rings. The first kappa shape index (κ1) is 18.0. The Morgan fingerprint density at radius 3 is 2.86 bits per heavy atom. The summed E-state index contributed by atoms with van der Waals surface area (Å²) in [5.74, 6) is -0.294. The first-order valence-electron chi connectivity index (χ1n) is 8.63. The molecule has 4 aromatic rings. The van der Waals surface area contributed by atoms with Gasteiger partial charge < -0.3 is 19.0 Å². The Morgan fingerprint density at radius 2 is 2.07 bits per heavy atom. The predicted octanol–water partition coefficient (Wildman–Crippen LogP) is 4.51. The molecule has 0 aliphatic heterocycles. The Labute approximate surface area is 163 Å². The minimum Gasteiger partial charge on any atom is -0.464 e. The Balaban J connectivity index is 1.60. The van der Waals surface area contributed by atoms with Crippen LogP contribution >= 0.6 is 11.3 Å². The first-order valence-corrected chi connectivity index (χ1v) is 9.51. The number of anilines is 1. The normalized spacial score (nSPS) is 10.9. The average molecular weight is 396 g/mol. The zero-order valence-electron chi connectivity index (χ0n) is 14.9. The number of esters is 1. The van der Waals surface area contributed by atoms with E-state index in [-0.39, 0.29) is 24.5 Å². The number of carbonyl (C=O) groups is 2. The number of ether oxygens (including phenoxy) is 1. The number of nitrogens with one attached hydrogen (secondary N) is 1. The Hall–Kier alpha value is -3.39. The molecule has 0 saturated carbocycles. The van der Waals surface area contributed by atoms with Crippen molar-refractivity contribution in [3.05, 3.63) is 59.3 Å². The zero-order chi connectivity index (χ0) is 19.5. The highest BCUT2D eigenvalue weighted by Gasteiger charge is 2.24. The molecule has 0 bridgehead atoms. The van der Waals surface area contributed by atoms with Gasteiger partial charge in [-0.15, -0.1) is 11.3 Å². The molecule has 0 radical (unpaired) electrons. The smallest absolute Gasteiger partial charge is 0.341 e. The molecule has 142 valence electrons. The number of fused-ring (bicyclic) bond motifs is 1. The van der Waals surface area contributed by atoms with Gasteiger partial charge in [-0.3, -0.25) is 4.79 Å². The Morgan fingerprint density at radius 1 is 1.21 bits per heavy atom. The van der Waals surface area contributed by atoms with Gasteiger partial charge in [0.1, 0.15) is 22.0 Å². The Kier molecular flexibility index (Phi) is 4.94. The van der Waals surface area contributed by atoms with Crippen LogP contribution in [0.3, 0.4) is 0 Å². The van der Waals surface area contributed by atoms with E-state index in [1.54, 1.807) is 30.5 Å². The number of hydrogen-bond donors (Lipinski definition) is 1. The molecule has 0 fully saturated rings. The van der Waals surface area contributed by atoms with Crippen LogP contribution in [0, 0.1) is 0 Å². The lowest BCUT2D eigenvalue weighted by atomic mass is 10.1. The number of amides is 1. The van der Waals surface area contributed by atoms with E-state index >= 15 is 0 Å².